The summed E-state index contributed by atoms with van der Waals surface area (Å²) < 4.78 is 1.16. The standard InChI is InChI=1S/C20H35NO4S2/c1-3-9-20(26-2)27-19(25)14-13-16-10-8-11-17(22)21(16)15-7-5-4-6-12-18(23)24/h9,16,19,25H,3-8,10-15H2,1-2H3,(H,23,24)/b20-9+/t16-,19?/m1/s1. The molecule has 27 heavy (non-hydrogen) atoms. The number of carbonyl (C=O) groups excluding carboxylic acids is 1. The highest BCUT2D eigenvalue weighted by Gasteiger charge is 2.27. The van der Waals surface area contributed by atoms with Gasteiger partial charge in [-0.2, -0.15) is 0 Å². The third-order valence-corrected chi connectivity index (χ3v) is 7.06. The van der Waals surface area contributed by atoms with Crippen molar-refractivity contribution in [3.05, 3.63) is 10.3 Å². The first-order valence-electron chi connectivity index (χ1n) is 10.1. The number of piperidine rings is 1. The van der Waals surface area contributed by atoms with Crippen LogP contribution in [0.4, 0.5) is 0 Å². The maximum atomic E-state index is 12.3. The van der Waals surface area contributed by atoms with Gasteiger partial charge in [-0.15, -0.1) is 11.8 Å². The van der Waals surface area contributed by atoms with Crippen LogP contribution in [0, 0.1) is 0 Å². The molecule has 0 bridgehead atoms. The van der Waals surface area contributed by atoms with Crippen molar-refractivity contribution in [2.75, 3.05) is 12.8 Å². The number of unbranched alkanes of at least 4 members (excludes halogenated alkanes) is 3. The van der Waals surface area contributed by atoms with Crippen LogP contribution in [-0.4, -0.2) is 51.3 Å². The van der Waals surface area contributed by atoms with Gasteiger partial charge in [-0.3, -0.25) is 9.59 Å². The molecule has 0 aliphatic carbocycles. The lowest BCUT2D eigenvalue weighted by Crippen LogP contribution is -2.44. The van der Waals surface area contributed by atoms with Gasteiger partial charge in [0.15, 0.2) is 0 Å². The molecular weight excluding hydrogens is 382 g/mol. The van der Waals surface area contributed by atoms with E-state index in [2.05, 4.69) is 13.0 Å². The largest absolute Gasteiger partial charge is 0.481 e. The minimum atomic E-state index is -0.740. The van der Waals surface area contributed by atoms with Crippen molar-refractivity contribution < 1.29 is 19.8 Å². The minimum Gasteiger partial charge on any atom is -0.481 e. The van der Waals surface area contributed by atoms with E-state index >= 15 is 0 Å². The third-order valence-electron chi connectivity index (χ3n) is 4.80. The van der Waals surface area contributed by atoms with E-state index in [4.69, 9.17) is 5.11 Å². The molecule has 1 heterocycles. The van der Waals surface area contributed by atoms with Gasteiger partial charge in [0, 0.05) is 29.7 Å². The molecule has 7 heteroatoms. The SMILES string of the molecule is CC/C=C(\SC)SC(O)CC[C@H]1CCCC(=O)N1CCCCCCC(=O)O. The Balaban J connectivity index is 2.38. The number of amides is 1. The van der Waals surface area contributed by atoms with Gasteiger partial charge in [-0.25, -0.2) is 0 Å². The number of carboxylic acid groups (broad SMARTS) is 1. The lowest BCUT2D eigenvalue weighted by molar-refractivity contribution is -0.137. The Morgan fingerprint density at radius 2 is 2.07 bits per heavy atom. The van der Waals surface area contributed by atoms with Crippen LogP contribution in [0.1, 0.15) is 77.6 Å². The molecule has 2 N–H and O–H groups in total. The lowest BCUT2D eigenvalue weighted by Gasteiger charge is -2.36. The number of carboxylic acids is 1. The van der Waals surface area contributed by atoms with Crippen molar-refractivity contribution in [3.8, 4) is 0 Å². The van der Waals surface area contributed by atoms with Crippen molar-refractivity contribution in [2.24, 2.45) is 0 Å². The first kappa shape index (κ1) is 24.4. The molecule has 0 aromatic rings. The fourth-order valence-electron chi connectivity index (χ4n) is 3.39. The van der Waals surface area contributed by atoms with E-state index < -0.39 is 11.4 Å². The smallest absolute Gasteiger partial charge is 0.303 e. The van der Waals surface area contributed by atoms with Crippen molar-refractivity contribution in [1.82, 2.24) is 4.90 Å². The second-order valence-corrected chi connectivity index (χ2v) is 9.30. The maximum absolute atomic E-state index is 12.3. The van der Waals surface area contributed by atoms with E-state index in [1.807, 2.05) is 11.2 Å². The number of rotatable bonds is 14. The first-order chi connectivity index (χ1) is 13.0. The van der Waals surface area contributed by atoms with Crippen molar-refractivity contribution >= 4 is 35.4 Å². The molecule has 1 rings (SSSR count). The van der Waals surface area contributed by atoms with Gasteiger partial charge in [0.1, 0.15) is 5.44 Å². The van der Waals surface area contributed by atoms with Crippen molar-refractivity contribution in [1.29, 1.82) is 0 Å². The molecule has 0 radical (unpaired) electrons. The first-order valence-corrected chi connectivity index (χ1v) is 12.2. The van der Waals surface area contributed by atoms with Crippen LogP contribution in [0.25, 0.3) is 0 Å². The fourth-order valence-corrected chi connectivity index (χ4v) is 5.22. The summed E-state index contributed by atoms with van der Waals surface area (Å²) in [6.07, 6.45) is 13.0. The van der Waals surface area contributed by atoms with Crippen molar-refractivity contribution in [2.45, 2.75) is 89.0 Å². The summed E-state index contributed by atoms with van der Waals surface area (Å²) in [5, 5.41) is 19.0. The van der Waals surface area contributed by atoms with Gasteiger partial charge in [0.2, 0.25) is 5.91 Å². The van der Waals surface area contributed by atoms with Crippen LogP contribution in [0.15, 0.2) is 10.3 Å². The molecule has 0 aromatic heterocycles. The Labute approximate surface area is 172 Å². The highest BCUT2D eigenvalue weighted by molar-refractivity contribution is 8.22. The van der Waals surface area contributed by atoms with Crippen LogP contribution in [0.3, 0.4) is 0 Å². The summed E-state index contributed by atoms with van der Waals surface area (Å²) in [6.45, 7) is 2.85. The molecule has 1 saturated heterocycles. The Kier molecular flexibility index (Phi) is 13.0. The molecule has 1 aliphatic heterocycles. The van der Waals surface area contributed by atoms with Crippen LogP contribution < -0.4 is 0 Å². The van der Waals surface area contributed by atoms with Gasteiger partial charge >= 0.3 is 5.97 Å². The number of aliphatic carboxylic acids is 1. The number of allylic oxidation sites excluding steroid dienone is 1. The highest BCUT2D eigenvalue weighted by Crippen LogP contribution is 2.32. The number of aliphatic hydroxyl groups is 1. The molecule has 156 valence electrons. The number of carbonyl (C=O) groups is 2. The summed E-state index contributed by atoms with van der Waals surface area (Å²) in [6, 6.07) is 0.230. The summed E-state index contributed by atoms with van der Waals surface area (Å²) in [7, 11) is 0. The molecule has 1 aliphatic rings. The second kappa shape index (κ2) is 14.4. The zero-order valence-corrected chi connectivity index (χ0v) is 18.3. The van der Waals surface area contributed by atoms with Gasteiger partial charge < -0.3 is 15.1 Å². The molecule has 0 aromatic carbocycles. The topological polar surface area (TPSA) is 77.8 Å². The molecular formula is C20H35NO4S2. The van der Waals surface area contributed by atoms with Crippen LogP contribution in [0.5, 0.6) is 0 Å². The number of thioether (sulfide) groups is 2. The zero-order valence-electron chi connectivity index (χ0n) is 16.7. The highest BCUT2D eigenvalue weighted by atomic mass is 32.2. The number of nitrogens with zero attached hydrogens (tertiary/aromatic N) is 1. The monoisotopic (exact) mass is 417 g/mol. The van der Waals surface area contributed by atoms with Gasteiger partial charge in [0.05, 0.1) is 0 Å². The molecule has 0 spiro atoms. The zero-order chi connectivity index (χ0) is 20.1. The Bertz CT molecular complexity index is 485. The molecule has 1 fully saturated rings. The number of hydrogen-bond acceptors (Lipinski definition) is 5. The van der Waals surface area contributed by atoms with Crippen LogP contribution in [-0.2, 0) is 9.59 Å². The van der Waals surface area contributed by atoms with Crippen LogP contribution in [0.2, 0.25) is 0 Å². The summed E-state index contributed by atoms with van der Waals surface area (Å²) in [5.41, 5.74) is -0.426. The summed E-state index contributed by atoms with van der Waals surface area (Å²) in [4.78, 5) is 24.9. The third kappa shape index (κ3) is 10.5. The van der Waals surface area contributed by atoms with E-state index in [9.17, 15) is 14.7 Å². The predicted molar refractivity (Wildman–Crippen MR) is 115 cm³/mol. The Morgan fingerprint density at radius 3 is 2.74 bits per heavy atom. The van der Waals surface area contributed by atoms with Crippen molar-refractivity contribution in [3.63, 3.8) is 0 Å². The molecule has 1 unspecified atom stereocenters. The summed E-state index contributed by atoms with van der Waals surface area (Å²) in [5.74, 6) is -0.509. The summed E-state index contributed by atoms with van der Waals surface area (Å²) >= 11 is 3.18. The lowest BCUT2D eigenvalue weighted by atomic mass is 9.97. The van der Waals surface area contributed by atoms with E-state index in [-0.39, 0.29) is 18.4 Å². The van der Waals surface area contributed by atoms with E-state index in [1.54, 1.807) is 11.8 Å². The van der Waals surface area contributed by atoms with E-state index in [1.165, 1.54) is 11.8 Å². The Hall–Kier alpha value is -0.660. The quantitative estimate of drug-likeness (QED) is 0.311. The number of aliphatic hydroxyl groups excluding tert-OH is 1. The average molecular weight is 418 g/mol. The number of likely N-dealkylation sites (tertiary alicyclic amines) is 1. The number of hydrogen-bond donors (Lipinski definition) is 2. The predicted octanol–water partition coefficient (Wildman–Crippen LogP) is 4.85. The maximum Gasteiger partial charge on any atom is 0.303 e. The minimum absolute atomic E-state index is 0.228. The molecule has 0 saturated carbocycles. The van der Waals surface area contributed by atoms with E-state index in [0.717, 1.165) is 55.7 Å². The average Bonchev–Trinajstić information content (AvgIpc) is 2.63. The Morgan fingerprint density at radius 1 is 1.33 bits per heavy atom. The van der Waals surface area contributed by atoms with E-state index in [0.29, 0.717) is 19.3 Å². The second-order valence-electron chi connectivity index (χ2n) is 6.98. The van der Waals surface area contributed by atoms with Gasteiger partial charge in [0.25, 0.3) is 0 Å². The molecule has 2 atom stereocenters. The normalized spacial score (nSPS) is 19.4. The van der Waals surface area contributed by atoms with Gasteiger partial charge in [-0.05, 0) is 51.2 Å². The fraction of sp³-hybridized carbons (Fsp3) is 0.800. The molecule has 5 nitrogen and oxygen atoms in total. The van der Waals surface area contributed by atoms with Crippen LogP contribution >= 0.6 is 23.5 Å². The van der Waals surface area contributed by atoms with Gasteiger partial charge in [-0.1, -0.05) is 37.6 Å². The molecule has 1 amide bonds.